The van der Waals surface area contributed by atoms with Crippen LogP contribution in [0.15, 0.2) is 12.1 Å². The third-order valence-electron chi connectivity index (χ3n) is 1.83. The lowest BCUT2D eigenvalue weighted by atomic mass is 10.0. The van der Waals surface area contributed by atoms with Crippen LogP contribution < -0.4 is 0 Å². The number of carbonyl (C=O) groups is 2. The number of aldehydes is 1. The van der Waals surface area contributed by atoms with E-state index in [0.29, 0.717) is 15.4 Å². The minimum absolute atomic E-state index is 0.138. The molecule has 0 saturated carbocycles. The molecule has 0 N–H and O–H groups in total. The van der Waals surface area contributed by atoms with E-state index in [1.165, 1.54) is 6.07 Å². The van der Waals surface area contributed by atoms with E-state index in [1.54, 1.807) is 6.07 Å². The topological polar surface area (TPSA) is 57.9 Å². The quantitative estimate of drug-likeness (QED) is 0.352. The molecule has 76 valence electrons. The zero-order valence-electron chi connectivity index (χ0n) is 7.46. The first-order valence-electron chi connectivity index (χ1n) is 3.92. The fraction of sp³-hybridized carbons (Fsp3) is 0.100. The van der Waals surface area contributed by atoms with Crippen LogP contribution in [0.1, 0.15) is 26.3 Å². The second-order valence-electron chi connectivity index (χ2n) is 2.67. The smallest absolute Gasteiger partial charge is 0.175 e. The molecule has 15 heavy (non-hydrogen) atoms. The first-order chi connectivity index (χ1) is 7.15. The van der Waals surface area contributed by atoms with Crippen LogP contribution in [0, 0.1) is 14.9 Å². The maximum atomic E-state index is 11.6. The average molecular weight is 378 g/mol. The van der Waals surface area contributed by atoms with E-state index >= 15 is 0 Å². The molecule has 0 bridgehead atoms. The number of nitrogens with zero attached hydrogens (tertiary/aromatic N) is 1. The lowest BCUT2D eigenvalue weighted by Gasteiger charge is -2.06. The maximum absolute atomic E-state index is 11.6. The van der Waals surface area contributed by atoms with Gasteiger partial charge in [-0.1, -0.05) is 15.9 Å². The van der Waals surface area contributed by atoms with Crippen molar-refractivity contribution in [3.05, 3.63) is 32.4 Å². The van der Waals surface area contributed by atoms with Gasteiger partial charge in [-0.05, 0) is 34.7 Å². The second kappa shape index (κ2) is 5.37. The number of halogens is 2. The molecule has 1 aromatic carbocycles. The van der Waals surface area contributed by atoms with E-state index in [4.69, 9.17) is 5.26 Å². The first kappa shape index (κ1) is 12.3. The highest BCUT2D eigenvalue weighted by molar-refractivity contribution is 14.1. The van der Waals surface area contributed by atoms with Crippen LogP contribution in [0.3, 0.4) is 0 Å². The molecule has 5 heteroatoms. The third-order valence-corrected chi connectivity index (χ3v) is 3.24. The number of ketones is 1. The normalized spacial score (nSPS) is 9.40. The molecule has 0 amide bonds. The van der Waals surface area contributed by atoms with Crippen LogP contribution >= 0.6 is 38.5 Å². The summed E-state index contributed by atoms with van der Waals surface area (Å²) in [6, 6.07) is 5.08. The molecular weight excluding hydrogens is 373 g/mol. The van der Waals surface area contributed by atoms with E-state index in [9.17, 15) is 9.59 Å². The Hall–Kier alpha value is -0.740. The Bertz CT molecular complexity index is 465. The van der Waals surface area contributed by atoms with Crippen molar-refractivity contribution >= 4 is 50.6 Å². The van der Waals surface area contributed by atoms with Gasteiger partial charge >= 0.3 is 0 Å². The number of hydrogen-bond donors (Lipinski definition) is 0. The van der Waals surface area contributed by atoms with Crippen molar-refractivity contribution in [1.82, 2.24) is 0 Å². The molecule has 0 atom stereocenters. The summed E-state index contributed by atoms with van der Waals surface area (Å²) in [5.74, 6) is -0.196. The fourth-order valence-corrected chi connectivity index (χ4v) is 2.21. The zero-order valence-corrected chi connectivity index (χ0v) is 11.2. The van der Waals surface area contributed by atoms with Crippen LogP contribution in [0.4, 0.5) is 0 Å². The van der Waals surface area contributed by atoms with Crippen LogP contribution in [0.25, 0.3) is 0 Å². The molecule has 0 aliphatic rings. The largest absolute Gasteiger partial charge is 0.298 e. The van der Waals surface area contributed by atoms with Gasteiger partial charge in [-0.3, -0.25) is 9.59 Å². The average Bonchev–Trinajstić information content (AvgIpc) is 2.27. The zero-order chi connectivity index (χ0) is 11.4. The number of benzene rings is 1. The molecule has 3 nitrogen and oxygen atoms in total. The molecule has 1 aromatic rings. The summed E-state index contributed by atoms with van der Waals surface area (Å²) in [6.45, 7) is 0. The Morgan fingerprint density at radius 3 is 2.73 bits per heavy atom. The van der Waals surface area contributed by atoms with Gasteiger partial charge in [-0.15, -0.1) is 0 Å². The molecule has 0 heterocycles. The molecule has 0 spiro atoms. The van der Waals surface area contributed by atoms with E-state index < -0.39 is 0 Å². The lowest BCUT2D eigenvalue weighted by molar-refractivity contribution is 0.101. The number of Topliss-reactive ketones (excluding diaryl/α,β-unsaturated/α-hetero) is 1. The van der Waals surface area contributed by atoms with Crippen molar-refractivity contribution in [3.63, 3.8) is 0 Å². The van der Waals surface area contributed by atoms with Gasteiger partial charge in [-0.25, -0.2) is 0 Å². The van der Waals surface area contributed by atoms with Crippen LogP contribution in [-0.4, -0.2) is 17.4 Å². The van der Waals surface area contributed by atoms with Gasteiger partial charge in [0.2, 0.25) is 0 Å². The van der Waals surface area contributed by atoms with E-state index in [2.05, 4.69) is 15.9 Å². The first-order valence-corrected chi connectivity index (χ1v) is 6.12. The van der Waals surface area contributed by atoms with Gasteiger partial charge in [0.1, 0.15) is 0 Å². The number of alkyl halides is 1. The summed E-state index contributed by atoms with van der Waals surface area (Å²) < 4.78 is 0.679. The molecule has 0 aliphatic carbocycles. The minimum Gasteiger partial charge on any atom is -0.298 e. The van der Waals surface area contributed by atoms with Gasteiger partial charge in [0.15, 0.2) is 12.1 Å². The molecular formula is C10H5BrINO2. The summed E-state index contributed by atoms with van der Waals surface area (Å²) in [6.07, 6.45) is 0.552. The monoisotopic (exact) mass is 377 g/mol. The number of carbonyl (C=O) groups excluding carboxylic acids is 2. The van der Waals surface area contributed by atoms with Crippen molar-refractivity contribution < 1.29 is 9.59 Å². The second-order valence-corrected chi connectivity index (χ2v) is 4.39. The van der Waals surface area contributed by atoms with E-state index in [1.807, 2.05) is 28.7 Å². The Morgan fingerprint density at radius 1 is 1.60 bits per heavy atom. The van der Waals surface area contributed by atoms with Gasteiger partial charge in [0, 0.05) is 14.7 Å². The van der Waals surface area contributed by atoms with Crippen molar-refractivity contribution in [2.75, 3.05) is 5.33 Å². The van der Waals surface area contributed by atoms with Crippen molar-refractivity contribution in [2.24, 2.45) is 0 Å². The van der Waals surface area contributed by atoms with Crippen molar-refractivity contribution in [3.8, 4) is 6.07 Å². The Morgan fingerprint density at radius 2 is 2.27 bits per heavy atom. The van der Waals surface area contributed by atoms with Crippen molar-refractivity contribution in [2.45, 2.75) is 0 Å². The predicted molar refractivity (Wildman–Crippen MR) is 67.4 cm³/mol. The summed E-state index contributed by atoms with van der Waals surface area (Å²) in [5.41, 5.74) is 0.727. The highest BCUT2D eigenvalue weighted by Gasteiger charge is 2.17. The predicted octanol–water partition coefficient (Wildman–Crippen LogP) is 2.55. The standard InChI is InChI=1S/C10H5BrINO2/c11-3-9(15)10-7(5-14)6(4-13)1-2-8(10)12/h1-2,5H,3H2. The number of rotatable bonds is 3. The Kier molecular flexibility index (Phi) is 4.42. The highest BCUT2D eigenvalue weighted by Crippen LogP contribution is 2.20. The van der Waals surface area contributed by atoms with Crippen molar-refractivity contribution in [1.29, 1.82) is 5.26 Å². The molecule has 0 fully saturated rings. The Balaban J connectivity index is 3.54. The molecule has 0 aromatic heterocycles. The van der Waals surface area contributed by atoms with Crippen LogP contribution in [-0.2, 0) is 0 Å². The highest BCUT2D eigenvalue weighted by atomic mass is 127. The van der Waals surface area contributed by atoms with Gasteiger partial charge < -0.3 is 0 Å². The molecule has 0 aliphatic heterocycles. The van der Waals surface area contributed by atoms with Crippen LogP contribution in [0.5, 0.6) is 0 Å². The maximum Gasteiger partial charge on any atom is 0.175 e. The lowest BCUT2D eigenvalue weighted by Crippen LogP contribution is -2.09. The van der Waals surface area contributed by atoms with Crippen LogP contribution in [0.2, 0.25) is 0 Å². The molecule has 0 radical (unpaired) electrons. The third kappa shape index (κ3) is 2.44. The minimum atomic E-state index is -0.196. The SMILES string of the molecule is N#Cc1ccc(I)c(C(=O)CBr)c1C=O. The van der Waals surface area contributed by atoms with Gasteiger partial charge in [0.25, 0.3) is 0 Å². The summed E-state index contributed by atoms with van der Waals surface area (Å²) in [4.78, 5) is 22.4. The number of nitriles is 1. The molecule has 1 rings (SSSR count). The number of hydrogen-bond acceptors (Lipinski definition) is 3. The molecule has 0 unspecified atom stereocenters. The fourth-order valence-electron chi connectivity index (χ4n) is 1.16. The van der Waals surface area contributed by atoms with Gasteiger partial charge in [0.05, 0.1) is 17.0 Å². The summed E-state index contributed by atoms with van der Waals surface area (Å²) in [7, 11) is 0. The van der Waals surface area contributed by atoms with E-state index in [0.717, 1.165) is 0 Å². The summed E-state index contributed by atoms with van der Waals surface area (Å²) in [5, 5.41) is 8.92. The molecule has 0 saturated heterocycles. The Labute approximate surface area is 109 Å². The van der Waals surface area contributed by atoms with Gasteiger partial charge in [-0.2, -0.15) is 5.26 Å². The van der Waals surface area contributed by atoms with E-state index in [-0.39, 0.29) is 22.2 Å². The summed E-state index contributed by atoms with van der Waals surface area (Å²) >= 11 is 5.01.